The maximum absolute atomic E-state index is 11.6. The van der Waals surface area contributed by atoms with Gasteiger partial charge in [-0.2, -0.15) is 0 Å². The Balaban J connectivity index is 4.24. The van der Waals surface area contributed by atoms with Crippen LogP contribution in [-0.2, 0) is 9.53 Å². The molecule has 2 atom stereocenters. The van der Waals surface area contributed by atoms with E-state index in [0.29, 0.717) is 13.2 Å². The fraction of sp³-hybridized carbons (Fsp3) is 0.833. The van der Waals surface area contributed by atoms with Crippen LogP contribution in [-0.4, -0.2) is 43.4 Å². The number of urea groups is 1. The second-order valence-electron chi connectivity index (χ2n) is 5.55. The minimum atomic E-state index is -1.04. The number of aliphatic carboxylic acids is 1. The van der Waals surface area contributed by atoms with Crippen LogP contribution < -0.4 is 10.6 Å². The second kappa shape index (κ2) is 7.20. The van der Waals surface area contributed by atoms with E-state index in [-0.39, 0.29) is 5.92 Å². The minimum absolute atomic E-state index is 0.179. The highest BCUT2D eigenvalue weighted by Crippen LogP contribution is 2.19. The predicted octanol–water partition coefficient (Wildman–Crippen LogP) is 1.07. The lowest BCUT2D eigenvalue weighted by Gasteiger charge is -2.28. The number of carbonyl (C=O) groups is 2. The van der Waals surface area contributed by atoms with Crippen molar-refractivity contribution in [3.05, 3.63) is 0 Å². The molecule has 0 aliphatic heterocycles. The van der Waals surface area contributed by atoms with Gasteiger partial charge in [0, 0.05) is 13.7 Å². The Kier molecular flexibility index (Phi) is 6.68. The molecule has 6 heteroatoms. The van der Waals surface area contributed by atoms with E-state index in [1.54, 1.807) is 27.9 Å². The molecule has 0 saturated carbocycles. The van der Waals surface area contributed by atoms with Crippen LogP contribution in [0, 0.1) is 11.3 Å². The van der Waals surface area contributed by atoms with Crippen LogP contribution in [0.15, 0.2) is 0 Å². The zero-order valence-corrected chi connectivity index (χ0v) is 11.7. The molecule has 1 unspecified atom stereocenters. The average Bonchev–Trinajstić information content (AvgIpc) is 2.21. The second-order valence-corrected chi connectivity index (χ2v) is 5.55. The molecule has 0 aromatic carbocycles. The molecule has 0 fully saturated rings. The number of rotatable bonds is 6. The summed E-state index contributed by atoms with van der Waals surface area (Å²) in [6, 6.07) is -1.39. The van der Waals surface area contributed by atoms with Gasteiger partial charge in [0.15, 0.2) is 0 Å². The van der Waals surface area contributed by atoms with E-state index in [9.17, 15) is 9.59 Å². The largest absolute Gasteiger partial charge is 0.480 e. The highest BCUT2D eigenvalue weighted by molar-refractivity contribution is 5.83. The summed E-state index contributed by atoms with van der Waals surface area (Å²) in [7, 11) is 1.59. The van der Waals surface area contributed by atoms with Gasteiger partial charge < -0.3 is 20.5 Å². The summed E-state index contributed by atoms with van der Waals surface area (Å²) >= 11 is 0. The third-order valence-electron chi connectivity index (χ3n) is 2.45. The summed E-state index contributed by atoms with van der Waals surface area (Å²) in [5, 5.41) is 14.2. The molecule has 0 heterocycles. The summed E-state index contributed by atoms with van der Waals surface area (Å²) < 4.78 is 4.94. The number of nitrogens with one attached hydrogen (secondary N) is 2. The van der Waals surface area contributed by atoms with Crippen LogP contribution >= 0.6 is 0 Å². The Bertz CT molecular complexity index is 286. The molecule has 0 saturated heterocycles. The molecule has 0 rings (SSSR count). The lowest BCUT2D eigenvalue weighted by Crippen LogP contribution is -2.52. The van der Waals surface area contributed by atoms with Crippen molar-refractivity contribution in [2.45, 2.75) is 33.7 Å². The number of hydrogen-bond acceptors (Lipinski definition) is 3. The van der Waals surface area contributed by atoms with Gasteiger partial charge in [-0.1, -0.05) is 27.7 Å². The lowest BCUT2D eigenvalue weighted by molar-refractivity contribution is -0.141. The molecule has 0 spiro atoms. The van der Waals surface area contributed by atoms with E-state index < -0.39 is 23.5 Å². The van der Waals surface area contributed by atoms with E-state index in [0.717, 1.165) is 0 Å². The Morgan fingerprint density at radius 3 is 2.28 bits per heavy atom. The van der Waals surface area contributed by atoms with Crippen LogP contribution in [0.3, 0.4) is 0 Å². The molecule has 0 bridgehead atoms. The SMILES string of the molecule is COCC(C)CNC(=O)N[C@H](C(=O)O)C(C)(C)C. The standard InChI is InChI=1S/C12H24N2O4/c1-8(7-18-5)6-13-11(17)14-9(10(15)16)12(2,3)4/h8-9H,6-7H2,1-5H3,(H,15,16)(H2,13,14,17)/t8?,9-/m1/s1. The predicted molar refractivity (Wildman–Crippen MR) is 68.5 cm³/mol. The van der Waals surface area contributed by atoms with E-state index in [4.69, 9.17) is 9.84 Å². The Morgan fingerprint density at radius 2 is 1.89 bits per heavy atom. The molecule has 0 aliphatic rings. The summed E-state index contributed by atoms with van der Waals surface area (Å²) in [5.74, 6) is -0.860. The van der Waals surface area contributed by atoms with E-state index >= 15 is 0 Å². The van der Waals surface area contributed by atoms with Crippen molar-refractivity contribution in [2.24, 2.45) is 11.3 Å². The fourth-order valence-corrected chi connectivity index (χ4v) is 1.44. The quantitative estimate of drug-likeness (QED) is 0.666. The first kappa shape index (κ1) is 16.7. The summed E-state index contributed by atoms with van der Waals surface area (Å²) in [5.41, 5.74) is -0.540. The van der Waals surface area contributed by atoms with Gasteiger partial charge in [0.25, 0.3) is 0 Å². The normalized spacial score (nSPS) is 14.7. The van der Waals surface area contributed by atoms with Crippen LogP contribution in [0.1, 0.15) is 27.7 Å². The summed E-state index contributed by atoms with van der Waals surface area (Å²) in [6.07, 6.45) is 0. The molecule has 0 aromatic heterocycles. The number of amides is 2. The van der Waals surface area contributed by atoms with E-state index in [2.05, 4.69) is 10.6 Å². The topological polar surface area (TPSA) is 87.7 Å². The molecule has 18 heavy (non-hydrogen) atoms. The van der Waals surface area contributed by atoms with Gasteiger partial charge in [0.1, 0.15) is 6.04 Å². The average molecular weight is 260 g/mol. The van der Waals surface area contributed by atoms with Gasteiger partial charge in [-0.05, 0) is 11.3 Å². The molecule has 3 N–H and O–H groups in total. The molecule has 0 aromatic rings. The van der Waals surface area contributed by atoms with Gasteiger partial charge in [-0.15, -0.1) is 0 Å². The molecular formula is C12H24N2O4. The summed E-state index contributed by atoms with van der Waals surface area (Å²) in [6.45, 7) is 8.21. The van der Waals surface area contributed by atoms with E-state index in [1.165, 1.54) is 0 Å². The van der Waals surface area contributed by atoms with Crippen molar-refractivity contribution < 1.29 is 19.4 Å². The van der Waals surface area contributed by atoms with Crippen molar-refractivity contribution in [3.63, 3.8) is 0 Å². The Morgan fingerprint density at radius 1 is 1.33 bits per heavy atom. The maximum Gasteiger partial charge on any atom is 0.326 e. The molecule has 0 aliphatic carbocycles. The third-order valence-corrected chi connectivity index (χ3v) is 2.45. The number of methoxy groups -OCH3 is 1. The van der Waals surface area contributed by atoms with E-state index in [1.807, 2.05) is 6.92 Å². The van der Waals surface area contributed by atoms with Crippen LogP contribution in [0.5, 0.6) is 0 Å². The van der Waals surface area contributed by atoms with Gasteiger partial charge >= 0.3 is 12.0 Å². The van der Waals surface area contributed by atoms with Gasteiger partial charge in [-0.25, -0.2) is 9.59 Å². The minimum Gasteiger partial charge on any atom is -0.480 e. The first-order valence-corrected chi connectivity index (χ1v) is 5.94. The molecule has 106 valence electrons. The number of carboxylic acids is 1. The number of hydrogen-bond donors (Lipinski definition) is 3. The van der Waals surface area contributed by atoms with Gasteiger partial charge in [0.05, 0.1) is 6.61 Å². The highest BCUT2D eigenvalue weighted by Gasteiger charge is 2.32. The van der Waals surface area contributed by atoms with Crippen molar-refractivity contribution >= 4 is 12.0 Å². The molecule has 6 nitrogen and oxygen atoms in total. The van der Waals surface area contributed by atoms with Crippen LogP contribution in [0.25, 0.3) is 0 Å². The zero-order chi connectivity index (χ0) is 14.3. The van der Waals surface area contributed by atoms with Gasteiger partial charge in [0.2, 0.25) is 0 Å². The van der Waals surface area contributed by atoms with Crippen molar-refractivity contribution in [3.8, 4) is 0 Å². The van der Waals surface area contributed by atoms with Gasteiger partial charge in [-0.3, -0.25) is 0 Å². The number of carboxylic acid groups (broad SMARTS) is 1. The highest BCUT2D eigenvalue weighted by atomic mass is 16.5. The van der Waals surface area contributed by atoms with Crippen molar-refractivity contribution in [1.29, 1.82) is 0 Å². The number of ether oxygens (including phenoxy) is 1. The van der Waals surface area contributed by atoms with Crippen LogP contribution in [0.4, 0.5) is 4.79 Å². The number of carbonyl (C=O) groups excluding carboxylic acids is 1. The Labute approximate surface area is 108 Å². The molecule has 0 radical (unpaired) electrons. The maximum atomic E-state index is 11.6. The first-order chi connectivity index (χ1) is 8.18. The van der Waals surface area contributed by atoms with Crippen molar-refractivity contribution in [1.82, 2.24) is 10.6 Å². The first-order valence-electron chi connectivity index (χ1n) is 5.94. The smallest absolute Gasteiger partial charge is 0.326 e. The molecule has 2 amide bonds. The Hall–Kier alpha value is -1.30. The summed E-state index contributed by atoms with van der Waals surface area (Å²) in [4.78, 5) is 22.6. The third kappa shape index (κ3) is 6.44. The molecular weight excluding hydrogens is 236 g/mol. The fourth-order valence-electron chi connectivity index (χ4n) is 1.44. The monoisotopic (exact) mass is 260 g/mol. The zero-order valence-electron chi connectivity index (χ0n) is 11.7. The lowest BCUT2D eigenvalue weighted by atomic mass is 9.87. The van der Waals surface area contributed by atoms with Crippen molar-refractivity contribution in [2.75, 3.05) is 20.3 Å². The van der Waals surface area contributed by atoms with Crippen LogP contribution in [0.2, 0.25) is 0 Å².